The molecule has 0 radical (unpaired) electrons. The highest BCUT2D eigenvalue weighted by molar-refractivity contribution is 7.89. The number of rotatable bonds is 5. The van der Waals surface area contributed by atoms with Crippen LogP contribution in [0.4, 0.5) is 5.69 Å². The number of morpholine rings is 1. The highest BCUT2D eigenvalue weighted by atomic mass is 32.2. The number of carbonyl (C=O) groups is 1. The first-order valence-corrected chi connectivity index (χ1v) is 11.9. The molecule has 2 fully saturated rings. The molecule has 0 spiro atoms. The Balaban J connectivity index is 1.79. The molecule has 0 amide bonds. The number of esters is 1. The van der Waals surface area contributed by atoms with Crippen LogP contribution >= 0.6 is 0 Å². The van der Waals surface area contributed by atoms with Crippen molar-refractivity contribution in [1.29, 1.82) is 0 Å². The summed E-state index contributed by atoms with van der Waals surface area (Å²) in [5.41, 5.74) is 0.524. The SMILES string of the molecule is COC(=O)c1cc(S(N)(=O)=O)ccc1N1CCN(S(=O)(=O)N2CCOCC2)CC1. The van der Waals surface area contributed by atoms with Gasteiger partial charge < -0.3 is 14.4 Å². The lowest BCUT2D eigenvalue weighted by Gasteiger charge is -2.38. The normalized spacial score (nSPS) is 19.9. The highest BCUT2D eigenvalue weighted by Gasteiger charge is 2.34. The summed E-state index contributed by atoms with van der Waals surface area (Å²) in [6.45, 7) is 2.53. The van der Waals surface area contributed by atoms with E-state index in [0.29, 0.717) is 45.1 Å². The minimum atomic E-state index is -3.98. The van der Waals surface area contributed by atoms with E-state index in [9.17, 15) is 21.6 Å². The van der Waals surface area contributed by atoms with Crippen molar-refractivity contribution in [1.82, 2.24) is 8.61 Å². The van der Waals surface area contributed by atoms with E-state index < -0.39 is 26.2 Å². The molecule has 2 aliphatic rings. The number of piperazine rings is 1. The van der Waals surface area contributed by atoms with Gasteiger partial charge in [0.15, 0.2) is 0 Å². The van der Waals surface area contributed by atoms with Crippen LogP contribution in [-0.2, 0) is 29.7 Å². The van der Waals surface area contributed by atoms with Gasteiger partial charge in [0.2, 0.25) is 10.0 Å². The number of primary sulfonamides is 1. The van der Waals surface area contributed by atoms with Crippen molar-refractivity contribution < 1.29 is 31.1 Å². The largest absolute Gasteiger partial charge is 0.465 e. The van der Waals surface area contributed by atoms with Crippen molar-refractivity contribution in [2.75, 3.05) is 64.5 Å². The summed E-state index contributed by atoms with van der Waals surface area (Å²) in [6.07, 6.45) is 0. The van der Waals surface area contributed by atoms with Crippen LogP contribution in [0.5, 0.6) is 0 Å². The average molecular weight is 449 g/mol. The fourth-order valence-electron chi connectivity index (χ4n) is 3.34. The Bertz CT molecular complexity index is 967. The van der Waals surface area contributed by atoms with Gasteiger partial charge in [-0.2, -0.15) is 17.0 Å². The molecule has 0 aliphatic carbocycles. The van der Waals surface area contributed by atoms with Gasteiger partial charge in [-0.1, -0.05) is 0 Å². The predicted molar refractivity (Wildman–Crippen MR) is 104 cm³/mol. The first-order valence-electron chi connectivity index (χ1n) is 8.97. The number of nitrogens with two attached hydrogens (primary N) is 1. The van der Waals surface area contributed by atoms with Crippen molar-refractivity contribution in [2.24, 2.45) is 5.14 Å². The van der Waals surface area contributed by atoms with Crippen molar-refractivity contribution in [3.05, 3.63) is 23.8 Å². The van der Waals surface area contributed by atoms with Crippen molar-refractivity contribution in [3.63, 3.8) is 0 Å². The fourth-order valence-corrected chi connectivity index (χ4v) is 5.44. The number of anilines is 1. The van der Waals surface area contributed by atoms with E-state index in [0.717, 1.165) is 0 Å². The third-order valence-electron chi connectivity index (χ3n) is 4.90. The highest BCUT2D eigenvalue weighted by Crippen LogP contribution is 2.26. The Morgan fingerprint density at radius 2 is 1.59 bits per heavy atom. The van der Waals surface area contributed by atoms with Gasteiger partial charge in [0, 0.05) is 39.3 Å². The first kappa shape index (κ1) is 21.9. The topological polar surface area (TPSA) is 140 Å². The summed E-state index contributed by atoms with van der Waals surface area (Å²) in [7, 11) is -6.36. The monoisotopic (exact) mass is 448 g/mol. The standard InChI is InChI=1S/C16H24N4O7S2/c1-26-16(21)14-12-13(28(17,22)23)2-3-15(14)18-4-6-19(7-5-18)29(24,25)20-8-10-27-11-9-20/h2-3,12H,4-11H2,1H3,(H2,17,22,23). The average Bonchev–Trinajstić information content (AvgIpc) is 2.73. The van der Waals surface area contributed by atoms with Crippen molar-refractivity contribution >= 4 is 31.9 Å². The van der Waals surface area contributed by atoms with Crippen LogP contribution < -0.4 is 10.0 Å². The third-order valence-corrected chi connectivity index (χ3v) is 7.85. The minimum Gasteiger partial charge on any atom is -0.465 e. The zero-order chi connectivity index (χ0) is 21.2. The van der Waals surface area contributed by atoms with E-state index in [1.54, 1.807) is 0 Å². The molecule has 0 atom stereocenters. The molecule has 0 bridgehead atoms. The van der Waals surface area contributed by atoms with Gasteiger partial charge in [-0.25, -0.2) is 18.4 Å². The lowest BCUT2D eigenvalue weighted by Crippen LogP contribution is -2.55. The second-order valence-corrected chi connectivity index (χ2v) is 10.1. The molecular weight excluding hydrogens is 424 g/mol. The van der Waals surface area contributed by atoms with E-state index in [1.165, 1.54) is 33.9 Å². The molecule has 0 aromatic heterocycles. The van der Waals surface area contributed by atoms with Gasteiger partial charge in [-0.3, -0.25) is 0 Å². The van der Waals surface area contributed by atoms with E-state index in [-0.39, 0.29) is 23.5 Å². The fraction of sp³-hybridized carbons (Fsp3) is 0.562. The Morgan fingerprint density at radius 1 is 1.00 bits per heavy atom. The van der Waals surface area contributed by atoms with Crippen LogP contribution in [0, 0.1) is 0 Å². The summed E-state index contributed by atoms with van der Waals surface area (Å²) < 4.78 is 61.6. The summed E-state index contributed by atoms with van der Waals surface area (Å²) in [6, 6.07) is 3.97. The van der Waals surface area contributed by atoms with Crippen molar-refractivity contribution in [2.45, 2.75) is 4.90 Å². The van der Waals surface area contributed by atoms with Crippen LogP contribution in [0.2, 0.25) is 0 Å². The van der Waals surface area contributed by atoms with Crippen LogP contribution in [0.3, 0.4) is 0 Å². The number of carbonyl (C=O) groups excluding carboxylic acids is 1. The number of hydrogen-bond donors (Lipinski definition) is 1. The van der Waals surface area contributed by atoms with Crippen LogP contribution in [-0.4, -0.2) is 91.0 Å². The Labute approximate surface area is 170 Å². The zero-order valence-corrected chi connectivity index (χ0v) is 17.6. The maximum Gasteiger partial charge on any atom is 0.340 e. The maximum absolute atomic E-state index is 12.8. The first-order chi connectivity index (χ1) is 13.6. The number of hydrogen-bond acceptors (Lipinski definition) is 8. The lowest BCUT2D eigenvalue weighted by atomic mass is 10.1. The van der Waals surface area contributed by atoms with Gasteiger partial charge in [-0.05, 0) is 18.2 Å². The van der Waals surface area contributed by atoms with Gasteiger partial charge >= 0.3 is 5.97 Å². The van der Waals surface area contributed by atoms with Gasteiger partial charge in [0.05, 0.1) is 36.5 Å². The summed E-state index contributed by atoms with van der Waals surface area (Å²) in [5.74, 6) is -0.700. The molecule has 2 heterocycles. The Morgan fingerprint density at radius 3 is 2.14 bits per heavy atom. The molecule has 1 aromatic carbocycles. The molecule has 3 rings (SSSR count). The third kappa shape index (κ3) is 4.70. The van der Waals surface area contributed by atoms with Gasteiger partial charge in [-0.15, -0.1) is 0 Å². The Kier molecular flexibility index (Phi) is 6.45. The molecule has 0 saturated carbocycles. The van der Waals surface area contributed by atoms with E-state index in [1.807, 2.05) is 4.90 Å². The van der Waals surface area contributed by atoms with Crippen LogP contribution in [0.1, 0.15) is 10.4 Å². The van der Waals surface area contributed by atoms with E-state index in [2.05, 4.69) is 0 Å². The molecule has 11 nitrogen and oxygen atoms in total. The maximum atomic E-state index is 12.8. The van der Waals surface area contributed by atoms with Crippen LogP contribution in [0.25, 0.3) is 0 Å². The number of ether oxygens (including phenoxy) is 2. The second kappa shape index (κ2) is 8.53. The summed E-state index contributed by atoms with van der Waals surface area (Å²) in [4.78, 5) is 13.8. The number of sulfonamides is 1. The second-order valence-electron chi connectivity index (χ2n) is 6.62. The molecule has 13 heteroatoms. The molecule has 2 aliphatic heterocycles. The predicted octanol–water partition coefficient (Wildman–Crippen LogP) is -1.18. The van der Waals surface area contributed by atoms with Crippen LogP contribution in [0.15, 0.2) is 23.1 Å². The number of nitrogens with zero attached hydrogens (tertiary/aromatic N) is 3. The lowest BCUT2D eigenvalue weighted by molar-refractivity contribution is 0.0601. The number of benzene rings is 1. The molecule has 162 valence electrons. The molecule has 0 unspecified atom stereocenters. The minimum absolute atomic E-state index is 0.0588. The van der Waals surface area contributed by atoms with Gasteiger partial charge in [0.1, 0.15) is 0 Å². The molecule has 1 aromatic rings. The summed E-state index contributed by atoms with van der Waals surface area (Å²) >= 11 is 0. The Hall–Kier alpha value is -1.77. The van der Waals surface area contributed by atoms with E-state index >= 15 is 0 Å². The van der Waals surface area contributed by atoms with Gasteiger partial charge in [0.25, 0.3) is 10.2 Å². The smallest absolute Gasteiger partial charge is 0.340 e. The van der Waals surface area contributed by atoms with E-state index in [4.69, 9.17) is 14.6 Å². The summed E-state index contributed by atoms with van der Waals surface area (Å²) in [5, 5.41) is 5.15. The number of methoxy groups -OCH3 is 1. The quantitative estimate of drug-likeness (QED) is 0.555. The molecule has 29 heavy (non-hydrogen) atoms. The molecule has 2 N–H and O–H groups in total. The zero-order valence-electron chi connectivity index (χ0n) is 16.0. The van der Waals surface area contributed by atoms with Crippen molar-refractivity contribution in [3.8, 4) is 0 Å². The molecular formula is C16H24N4O7S2. The molecule has 2 saturated heterocycles.